The van der Waals surface area contributed by atoms with Crippen molar-refractivity contribution >= 4 is 5.69 Å². The zero-order valence-corrected chi connectivity index (χ0v) is 12.4. The number of rotatable bonds is 3. The quantitative estimate of drug-likeness (QED) is 0.536. The summed E-state index contributed by atoms with van der Waals surface area (Å²) in [5.74, 6) is -0.169. The van der Waals surface area contributed by atoms with Crippen molar-refractivity contribution in [3.05, 3.63) is 58.2 Å². The zero-order chi connectivity index (χ0) is 16.0. The van der Waals surface area contributed by atoms with E-state index in [1.807, 2.05) is 6.07 Å². The first-order valence-electron chi connectivity index (χ1n) is 7.78. The lowest BCUT2D eigenvalue weighted by Gasteiger charge is -2.20. The minimum Gasteiger partial charge on any atom is -0.311 e. The van der Waals surface area contributed by atoms with Gasteiger partial charge in [-0.05, 0) is 48.6 Å². The number of halogens is 1. The number of non-ortho nitro benzene ring substituents is 1. The molecule has 2 fully saturated rings. The molecule has 1 aromatic carbocycles. The lowest BCUT2D eigenvalue weighted by atomic mass is 9.84. The number of hydrogen-bond acceptors (Lipinski definition) is 4. The van der Waals surface area contributed by atoms with Crippen LogP contribution >= 0.6 is 0 Å². The minimum atomic E-state index is -0.543. The molecule has 1 N–H and O–H groups in total. The molecular formula is C17H16FN3O2. The van der Waals surface area contributed by atoms with Gasteiger partial charge in [0.1, 0.15) is 0 Å². The van der Waals surface area contributed by atoms with Gasteiger partial charge in [0.25, 0.3) is 5.69 Å². The molecule has 3 heterocycles. The predicted octanol–water partition coefficient (Wildman–Crippen LogP) is 3.40. The molecule has 23 heavy (non-hydrogen) atoms. The molecule has 118 valence electrons. The Kier molecular flexibility index (Phi) is 3.34. The van der Waals surface area contributed by atoms with Crippen LogP contribution in [-0.4, -0.2) is 22.0 Å². The number of aromatic nitrogens is 1. The molecule has 0 aliphatic carbocycles. The molecule has 2 saturated heterocycles. The molecule has 6 heteroatoms. The highest BCUT2D eigenvalue weighted by Crippen LogP contribution is 2.40. The van der Waals surface area contributed by atoms with Gasteiger partial charge in [-0.3, -0.25) is 10.1 Å². The van der Waals surface area contributed by atoms with Gasteiger partial charge in [0, 0.05) is 41.9 Å². The van der Waals surface area contributed by atoms with Crippen LogP contribution in [0.1, 0.15) is 30.7 Å². The van der Waals surface area contributed by atoms with Crippen LogP contribution in [0.15, 0.2) is 36.5 Å². The van der Waals surface area contributed by atoms with E-state index >= 15 is 0 Å². The Morgan fingerprint density at radius 3 is 2.65 bits per heavy atom. The third-order valence-corrected chi connectivity index (χ3v) is 4.98. The van der Waals surface area contributed by atoms with Crippen molar-refractivity contribution < 1.29 is 9.31 Å². The normalized spacial score (nSPS) is 25.7. The maximum atomic E-state index is 14.1. The summed E-state index contributed by atoms with van der Waals surface area (Å²) in [4.78, 5) is 14.2. The van der Waals surface area contributed by atoms with E-state index in [4.69, 9.17) is 0 Å². The molecule has 1 aromatic heterocycles. The largest absolute Gasteiger partial charge is 0.311 e. The molecule has 0 spiro atoms. The van der Waals surface area contributed by atoms with E-state index in [1.165, 1.54) is 18.6 Å². The highest BCUT2D eigenvalue weighted by atomic mass is 19.1. The highest BCUT2D eigenvalue weighted by molar-refractivity contribution is 5.65. The van der Waals surface area contributed by atoms with Crippen LogP contribution in [0.5, 0.6) is 0 Å². The topological polar surface area (TPSA) is 68.1 Å². The second-order valence-electron chi connectivity index (χ2n) is 6.30. The van der Waals surface area contributed by atoms with Crippen molar-refractivity contribution in [1.29, 1.82) is 0 Å². The van der Waals surface area contributed by atoms with Crippen LogP contribution in [0, 0.1) is 16.1 Å². The Bertz CT molecular complexity index is 763. The Labute approximate surface area is 132 Å². The minimum absolute atomic E-state index is 0.00410. The fourth-order valence-electron chi connectivity index (χ4n) is 3.82. The molecule has 2 bridgehead atoms. The monoisotopic (exact) mass is 313 g/mol. The Balaban J connectivity index is 1.68. The van der Waals surface area contributed by atoms with E-state index in [0.29, 0.717) is 29.1 Å². The van der Waals surface area contributed by atoms with Gasteiger partial charge in [0.15, 0.2) is 0 Å². The first-order valence-corrected chi connectivity index (χ1v) is 7.78. The maximum absolute atomic E-state index is 14.1. The third-order valence-electron chi connectivity index (χ3n) is 4.98. The second-order valence-corrected chi connectivity index (χ2v) is 6.30. The summed E-state index contributed by atoms with van der Waals surface area (Å²) in [5.41, 5.74) is 2.05. The SMILES string of the molecule is O=[N+]([O-])c1ccc(-c2cc([C@H]3C[C@H]4CC[C@H]3N4)cnc2F)cc1. The Morgan fingerprint density at radius 2 is 2.04 bits per heavy atom. The smallest absolute Gasteiger partial charge is 0.269 e. The summed E-state index contributed by atoms with van der Waals surface area (Å²) >= 11 is 0. The number of fused-ring (bicyclic) bond motifs is 2. The van der Waals surface area contributed by atoms with Crippen LogP contribution in [0.3, 0.4) is 0 Å². The van der Waals surface area contributed by atoms with Crippen molar-refractivity contribution in [2.75, 3.05) is 0 Å². The number of hydrogen-bond donors (Lipinski definition) is 1. The molecule has 0 radical (unpaired) electrons. The summed E-state index contributed by atoms with van der Waals surface area (Å²) in [6.07, 6.45) is 5.06. The van der Waals surface area contributed by atoms with Crippen LogP contribution < -0.4 is 5.32 Å². The van der Waals surface area contributed by atoms with E-state index in [-0.39, 0.29) is 5.69 Å². The molecule has 3 atom stereocenters. The fraction of sp³-hybridized carbons (Fsp3) is 0.353. The van der Waals surface area contributed by atoms with Crippen molar-refractivity contribution in [2.45, 2.75) is 37.3 Å². The van der Waals surface area contributed by atoms with E-state index in [0.717, 1.165) is 18.4 Å². The predicted molar refractivity (Wildman–Crippen MR) is 83.6 cm³/mol. The average Bonchev–Trinajstić information content (AvgIpc) is 3.18. The first kappa shape index (κ1) is 14.3. The van der Waals surface area contributed by atoms with Crippen molar-refractivity contribution in [3.63, 3.8) is 0 Å². The molecule has 2 aromatic rings. The average molecular weight is 313 g/mol. The van der Waals surface area contributed by atoms with E-state index in [2.05, 4.69) is 10.3 Å². The van der Waals surface area contributed by atoms with E-state index in [9.17, 15) is 14.5 Å². The standard InChI is InChI=1S/C17H16FN3O2/c18-17-15(10-1-4-13(5-2-10)21(22)23)7-11(9-19-17)14-8-12-3-6-16(14)20-12/h1-2,4-5,7,9,12,14,16,20H,3,6,8H2/t12-,14-,16-/m1/s1. The summed E-state index contributed by atoms with van der Waals surface area (Å²) in [5, 5.41) is 14.3. The van der Waals surface area contributed by atoms with Crippen LogP contribution in [0.4, 0.5) is 10.1 Å². The molecule has 0 amide bonds. The molecular weight excluding hydrogens is 297 g/mol. The molecule has 0 saturated carbocycles. The number of nitro groups is 1. The highest BCUT2D eigenvalue weighted by Gasteiger charge is 2.40. The van der Waals surface area contributed by atoms with Gasteiger partial charge in [-0.25, -0.2) is 4.98 Å². The van der Waals surface area contributed by atoms with Gasteiger partial charge in [0.05, 0.1) is 4.92 Å². The second kappa shape index (κ2) is 5.38. The number of nitrogens with zero attached hydrogens (tertiary/aromatic N) is 2. The van der Waals surface area contributed by atoms with Gasteiger partial charge >= 0.3 is 0 Å². The van der Waals surface area contributed by atoms with Crippen LogP contribution in [0.25, 0.3) is 11.1 Å². The molecule has 2 aliphatic heterocycles. The summed E-state index contributed by atoms with van der Waals surface area (Å²) in [7, 11) is 0. The van der Waals surface area contributed by atoms with Gasteiger partial charge in [-0.1, -0.05) is 0 Å². The van der Waals surface area contributed by atoms with Gasteiger partial charge < -0.3 is 5.32 Å². The lowest BCUT2D eigenvalue weighted by Crippen LogP contribution is -2.21. The van der Waals surface area contributed by atoms with Gasteiger partial charge in [-0.2, -0.15) is 4.39 Å². The van der Waals surface area contributed by atoms with Crippen molar-refractivity contribution in [1.82, 2.24) is 10.3 Å². The van der Waals surface area contributed by atoms with E-state index < -0.39 is 10.9 Å². The molecule has 0 unspecified atom stereocenters. The summed E-state index contributed by atoms with van der Waals surface area (Å²) in [6, 6.07) is 8.79. The summed E-state index contributed by atoms with van der Waals surface area (Å²) in [6.45, 7) is 0. The number of benzene rings is 1. The summed E-state index contributed by atoms with van der Waals surface area (Å²) < 4.78 is 14.1. The van der Waals surface area contributed by atoms with Crippen molar-refractivity contribution in [2.24, 2.45) is 0 Å². The number of nitrogens with one attached hydrogen (secondary N) is 1. The molecule has 5 nitrogen and oxygen atoms in total. The zero-order valence-electron chi connectivity index (χ0n) is 12.4. The van der Waals surface area contributed by atoms with Gasteiger partial charge in [-0.15, -0.1) is 0 Å². The van der Waals surface area contributed by atoms with Gasteiger partial charge in [0.2, 0.25) is 5.95 Å². The van der Waals surface area contributed by atoms with E-state index in [1.54, 1.807) is 18.3 Å². The third kappa shape index (κ3) is 2.49. The lowest BCUT2D eigenvalue weighted by molar-refractivity contribution is -0.384. The van der Waals surface area contributed by atoms with Crippen LogP contribution in [-0.2, 0) is 0 Å². The fourth-order valence-corrected chi connectivity index (χ4v) is 3.82. The Morgan fingerprint density at radius 1 is 1.26 bits per heavy atom. The Hall–Kier alpha value is -2.34. The van der Waals surface area contributed by atoms with Crippen LogP contribution in [0.2, 0.25) is 0 Å². The molecule has 2 aliphatic rings. The van der Waals surface area contributed by atoms with Crippen molar-refractivity contribution in [3.8, 4) is 11.1 Å². The maximum Gasteiger partial charge on any atom is 0.269 e. The number of nitro benzene ring substituents is 1. The number of pyridine rings is 1. The molecule has 4 rings (SSSR count). The first-order chi connectivity index (χ1) is 11.1.